The van der Waals surface area contributed by atoms with Gasteiger partial charge in [0.25, 0.3) is 5.91 Å². The maximum Gasteiger partial charge on any atom is 0.276 e. The molecule has 1 amide bonds. The molecule has 0 aliphatic rings. The molecule has 0 aliphatic heterocycles. The molecule has 0 unspecified atom stereocenters. The third-order valence-electron chi connectivity index (χ3n) is 2.86. The van der Waals surface area contributed by atoms with Crippen LogP contribution in [-0.2, 0) is 6.61 Å². The molecule has 1 aromatic heterocycles. The number of nitrogens with one attached hydrogen (secondary N) is 1. The van der Waals surface area contributed by atoms with E-state index >= 15 is 0 Å². The van der Waals surface area contributed by atoms with E-state index in [1.165, 1.54) is 12.4 Å². The van der Waals surface area contributed by atoms with E-state index in [2.05, 4.69) is 15.3 Å². The maximum atomic E-state index is 12.2. The van der Waals surface area contributed by atoms with Crippen molar-refractivity contribution in [2.75, 3.05) is 5.32 Å². The topological polar surface area (TPSA) is 75.1 Å². The number of nitrogens with zero attached hydrogens (tertiary/aromatic N) is 2. The summed E-state index contributed by atoms with van der Waals surface area (Å²) in [6.07, 6.45) is 2.88. The number of anilines is 1. The zero-order chi connectivity index (χ0) is 13.8. The summed E-state index contributed by atoms with van der Waals surface area (Å²) in [5.41, 5.74) is 3.13. The smallest absolute Gasteiger partial charge is 0.276 e. The van der Waals surface area contributed by atoms with E-state index < -0.39 is 0 Å². The Hall–Kier alpha value is -2.27. The number of aromatic nitrogens is 2. The molecule has 0 bridgehead atoms. The minimum atomic E-state index is -0.366. The number of aryl methyl sites for hydroxylation is 2. The normalized spacial score (nSPS) is 10.3. The molecule has 98 valence electrons. The van der Waals surface area contributed by atoms with Crippen LogP contribution in [0.15, 0.2) is 30.6 Å². The van der Waals surface area contributed by atoms with Crippen LogP contribution in [0.2, 0.25) is 0 Å². The lowest BCUT2D eigenvalue weighted by atomic mass is 10.1. The first-order valence-corrected chi connectivity index (χ1v) is 5.91. The van der Waals surface area contributed by atoms with Crippen molar-refractivity contribution in [3.63, 3.8) is 0 Å². The van der Waals surface area contributed by atoms with Crippen molar-refractivity contribution < 1.29 is 9.90 Å². The fraction of sp³-hybridized carbons (Fsp3) is 0.214. The highest BCUT2D eigenvalue weighted by Gasteiger charge is 2.15. The van der Waals surface area contributed by atoms with E-state index in [0.717, 1.165) is 16.8 Å². The molecule has 0 fully saturated rings. The molecule has 0 aliphatic carbocycles. The number of aliphatic hydroxyl groups is 1. The zero-order valence-corrected chi connectivity index (χ0v) is 10.8. The third kappa shape index (κ3) is 2.77. The van der Waals surface area contributed by atoms with E-state index in [1.807, 2.05) is 32.0 Å². The number of para-hydroxylation sites is 1. The molecule has 1 heterocycles. The Balaban J connectivity index is 2.31. The molecular formula is C14H15N3O2. The summed E-state index contributed by atoms with van der Waals surface area (Å²) in [6, 6.07) is 5.78. The highest BCUT2D eigenvalue weighted by atomic mass is 16.3. The standard InChI is InChI=1S/C14H15N3O2/c1-9-4-3-5-10(2)12(9)17-14(19)13-11(8-18)15-6-7-16-13/h3-7,18H,8H2,1-2H3,(H,17,19). The van der Waals surface area contributed by atoms with Crippen LogP contribution in [0.1, 0.15) is 27.3 Å². The molecule has 2 rings (SSSR count). The number of hydrogen-bond donors (Lipinski definition) is 2. The molecule has 1 aromatic carbocycles. The van der Waals surface area contributed by atoms with Gasteiger partial charge < -0.3 is 10.4 Å². The largest absolute Gasteiger partial charge is 0.390 e. The fourth-order valence-corrected chi connectivity index (χ4v) is 1.86. The highest BCUT2D eigenvalue weighted by Crippen LogP contribution is 2.20. The molecule has 2 aromatic rings. The summed E-state index contributed by atoms with van der Waals surface area (Å²) in [6.45, 7) is 3.53. The number of aliphatic hydroxyl groups excluding tert-OH is 1. The molecule has 0 spiro atoms. The summed E-state index contributed by atoms with van der Waals surface area (Å²) in [7, 11) is 0. The summed E-state index contributed by atoms with van der Waals surface area (Å²) in [4.78, 5) is 20.1. The van der Waals surface area contributed by atoms with E-state index in [-0.39, 0.29) is 23.9 Å². The molecule has 2 N–H and O–H groups in total. The molecule has 0 atom stereocenters. The summed E-state index contributed by atoms with van der Waals surface area (Å²) in [5.74, 6) is -0.366. The molecule has 19 heavy (non-hydrogen) atoms. The lowest BCUT2D eigenvalue weighted by Crippen LogP contribution is -2.18. The van der Waals surface area contributed by atoms with Crippen LogP contribution in [0, 0.1) is 13.8 Å². The van der Waals surface area contributed by atoms with Crippen molar-refractivity contribution in [1.29, 1.82) is 0 Å². The van der Waals surface area contributed by atoms with Gasteiger partial charge in [-0.3, -0.25) is 9.78 Å². The van der Waals surface area contributed by atoms with Gasteiger partial charge in [0.05, 0.1) is 12.3 Å². The van der Waals surface area contributed by atoms with Crippen molar-refractivity contribution in [3.8, 4) is 0 Å². The van der Waals surface area contributed by atoms with Gasteiger partial charge in [-0.25, -0.2) is 4.98 Å². The minimum absolute atomic E-state index is 0.146. The highest BCUT2D eigenvalue weighted by molar-refractivity contribution is 6.04. The van der Waals surface area contributed by atoms with Crippen molar-refractivity contribution in [2.24, 2.45) is 0 Å². The average molecular weight is 257 g/mol. The SMILES string of the molecule is Cc1cccc(C)c1NC(=O)c1nccnc1CO. The summed E-state index contributed by atoms with van der Waals surface area (Å²) in [5, 5.41) is 12.0. The van der Waals surface area contributed by atoms with Crippen LogP contribution in [-0.4, -0.2) is 21.0 Å². The van der Waals surface area contributed by atoms with Crippen LogP contribution in [0.4, 0.5) is 5.69 Å². The predicted octanol–water partition coefficient (Wildman–Crippen LogP) is 1.84. The summed E-state index contributed by atoms with van der Waals surface area (Å²) >= 11 is 0. The van der Waals surface area contributed by atoms with Crippen LogP contribution in [0.25, 0.3) is 0 Å². The Bertz CT molecular complexity index is 591. The van der Waals surface area contributed by atoms with Gasteiger partial charge in [-0.1, -0.05) is 18.2 Å². The van der Waals surface area contributed by atoms with Crippen LogP contribution >= 0.6 is 0 Å². The van der Waals surface area contributed by atoms with Gasteiger partial charge in [0.15, 0.2) is 5.69 Å². The first-order chi connectivity index (χ1) is 9.13. The van der Waals surface area contributed by atoms with Crippen molar-refractivity contribution >= 4 is 11.6 Å². The van der Waals surface area contributed by atoms with Crippen LogP contribution in [0.5, 0.6) is 0 Å². The van der Waals surface area contributed by atoms with Crippen molar-refractivity contribution in [2.45, 2.75) is 20.5 Å². The Labute approximate surface area is 111 Å². The van der Waals surface area contributed by atoms with Gasteiger partial charge in [-0.2, -0.15) is 0 Å². The molecule has 5 nitrogen and oxygen atoms in total. The van der Waals surface area contributed by atoms with Gasteiger partial charge in [-0.15, -0.1) is 0 Å². The van der Waals surface area contributed by atoms with Gasteiger partial charge in [0, 0.05) is 18.1 Å². The lowest BCUT2D eigenvalue weighted by molar-refractivity contribution is 0.101. The Morgan fingerprint density at radius 1 is 1.21 bits per heavy atom. The molecule has 0 radical (unpaired) electrons. The first kappa shape index (κ1) is 13.2. The monoisotopic (exact) mass is 257 g/mol. The van der Waals surface area contributed by atoms with E-state index in [0.29, 0.717) is 0 Å². The second-order valence-electron chi connectivity index (χ2n) is 4.23. The lowest BCUT2D eigenvalue weighted by Gasteiger charge is -2.11. The molecular weight excluding hydrogens is 242 g/mol. The molecule has 0 saturated heterocycles. The third-order valence-corrected chi connectivity index (χ3v) is 2.86. The van der Waals surface area contributed by atoms with Gasteiger partial charge in [0.2, 0.25) is 0 Å². The zero-order valence-electron chi connectivity index (χ0n) is 10.8. The van der Waals surface area contributed by atoms with E-state index in [9.17, 15) is 4.79 Å². The number of carbonyl (C=O) groups is 1. The van der Waals surface area contributed by atoms with Gasteiger partial charge in [0.1, 0.15) is 0 Å². The summed E-state index contributed by atoms with van der Waals surface area (Å²) < 4.78 is 0. The van der Waals surface area contributed by atoms with Gasteiger partial charge in [-0.05, 0) is 25.0 Å². The fourth-order valence-electron chi connectivity index (χ4n) is 1.86. The molecule has 0 saturated carbocycles. The number of amides is 1. The number of benzene rings is 1. The van der Waals surface area contributed by atoms with E-state index in [1.54, 1.807) is 0 Å². The van der Waals surface area contributed by atoms with E-state index in [4.69, 9.17) is 5.11 Å². The predicted molar refractivity (Wildman–Crippen MR) is 71.8 cm³/mol. The Kier molecular flexibility index (Phi) is 3.87. The Morgan fingerprint density at radius 3 is 2.47 bits per heavy atom. The van der Waals surface area contributed by atoms with Gasteiger partial charge >= 0.3 is 0 Å². The second-order valence-corrected chi connectivity index (χ2v) is 4.23. The number of carbonyl (C=O) groups excluding carboxylic acids is 1. The van der Waals surface area contributed by atoms with Crippen LogP contribution < -0.4 is 5.32 Å². The number of rotatable bonds is 3. The van der Waals surface area contributed by atoms with Crippen molar-refractivity contribution in [1.82, 2.24) is 9.97 Å². The first-order valence-electron chi connectivity index (χ1n) is 5.91. The van der Waals surface area contributed by atoms with Crippen molar-refractivity contribution in [3.05, 3.63) is 53.1 Å². The molecule has 5 heteroatoms. The Morgan fingerprint density at radius 2 is 1.84 bits per heavy atom. The quantitative estimate of drug-likeness (QED) is 0.879. The average Bonchev–Trinajstić information content (AvgIpc) is 2.42. The second kappa shape index (κ2) is 5.58. The maximum absolute atomic E-state index is 12.2. The number of hydrogen-bond acceptors (Lipinski definition) is 4. The minimum Gasteiger partial charge on any atom is -0.390 e. The van der Waals surface area contributed by atoms with Crippen LogP contribution in [0.3, 0.4) is 0 Å².